The molecule has 0 unspecified atom stereocenters. The van der Waals surface area contributed by atoms with Crippen LogP contribution in [0.15, 0.2) is 66.7 Å². The number of nitrogens with one attached hydrogen (secondary N) is 1. The maximum atomic E-state index is 13.4. The summed E-state index contributed by atoms with van der Waals surface area (Å²) >= 11 is 0. The number of methoxy groups -OCH3 is 2. The van der Waals surface area contributed by atoms with Gasteiger partial charge < -0.3 is 20.5 Å². The van der Waals surface area contributed by atoms with Crippen molar-refractivity contribution in [3.63, 3.8) is 0 Å². The van der Waals surface area contributed by atoms with Crippen LogP contribution in [0.4, 0.5) is 10.2 Å². The van der Waals surface area contributed by atoms with E-state index in [1.807, 2.05) is 24.3 Å². The zero-order chi connectivity index (χ0) is 24.5. The van der Waals surface area contributed by atoms with Crippen LogP contribution in [-0.2, 0) is 6.54 Å². The molecule has 0 aliphatic heterocycles. The van der Waals surface area contributed by atoms with E-state index in [1.165, 1.54) is 19.2 Å². The zero-order valence-corrected chi connectivity index (χ0v) is 19.1. The standard InChI is InChI=1S/C26H22FN5O3/c1-34-17-11-12-20(21(13-17)35-2)32-24(28)22(26(33)29-14-15-7-9-16(27)10-8-15)23-25(32)31-19-6-4-3-5-18(19)30-23/h3-13H,14,28H2,1-2H3,(H,29,33). The number of rotatable bonds is 6. The number of ether oxygens (including phenoxy) is 2. The molecule has 5 aromatic rings. The second-order valence-corrected chi connectivity index (χ2v) is 7.83. The number of aromatic nitrogens is 3. The Morgan fingerprint density at radius 2 is 1.71 bits per heavy atom. The van der Waals surface area contributed by atoms with E-state index in [-0.39, 0.29) is 23.7 Å². The fourth-order valence-corrected chi connectivity index (χ4v) is 3.97. The third-order valence-corrected chi connectivity index (χ3v) is 5.72. The highest BCUT2D eigenvalue weighted by molar-refractivity contribution is 6.11. The number of hydrogen-bond donors (Lipinski definition) is 2. The van der Waals surface area contributed by atoms with E-state index in [0.29, 0.717) is 39.4 Å². The van der Waals surface area contributed by atoms with Gasteiger partial charge in [-0.1, -0.05) is 24.3 Å². The van der Waals surface area contributed by atoms with E-state index in [4.69, 9.17) is 25.2 Å². The van der Waals surface area contributed by atoms with Crippen LogP contribution in [0.2, 0.25) is 0 Å². The highest BCUT2D eigenvalue weighted by atomic mass is 19.1. The molecule has 0 radical (unpaired) electrons. The topological polar surface area (TPSA) is 104 Å². The van der Waals surface area contributed by atoms with Gasteiger partial charge in [-0.3, -0.25) is 9.36 Å². The Hall–Kier alpha value is -4.66. The number of nitrogen functional groups attached to an aromatic ring is 1. The Balaban J connectivity index is 1.68. The van der Waals surface area contributed by atoms with Gasteiger partial charge in [-0.25, -0.2) is 14.4 Å². The van der Waals surface area contributed by atoms with Crippen molar-refractivity contribution in [1.29, 1.82) is 0 Å². The van der Waals surface area contributed by atoms with E-state index < -0.39 is 5.91 Å². The normalized spacial score (nSPS) is 11.1. The van der Waals surface area contributed by atoms with Gasteiger partial charge in [0.2, 0.25) is 0 Å². The van der Waals surface area contributed by atoms with Crippen molar-refractivity contribution in [2.45, 2.75) is 6.54 Å². The Labute approximate surface area is 200 Å². The molecule has 3 N–H and O–H groups in total. The van der Waals surface area contributed by atoms with E-state index >= 15 is 0 Å². The van der Waals surface area contributed by atoms with Crippen molar-refractivity contribution in [1.82, 2.24) is 19.9 Å². The minimum atomic E-state index is -0.423. The largest absolute Gasteiger partial charge is 0.497 e. The second kappa shape index (κ2) is 8.94. The Morgan fingerprint density at radius 1 is 1.00 bits per heavy atom. The number of halogens is 1. The van der Waals surface area contributed by atoms with Gasteiger partial charge in [0.15, 0.2) is 5.65 Å². The van der Waals surface area contributed by atoms with Gasteiger partial charge in [0.25, 0.3) is 5.91 Å². The summed E-state index contributed by atoms with van der Waals surface area (Å²) in [6.45, 7) is 0.193. The van der Waals surface area contributed by atoms with Crippen LogP contribution in [0, 0.1) is 5.82 Å². The van der Waals surface area contributed by atoms with Crippen molar-refractivity contribution in [2.75, 3.05) is 20.0 Å². The summed E-state index contributed by atoms with van der Waals surface area (Å²) in [6.07, 6.45) is 0. The van der Waals surface area contributed by atoms with Crippen molar-refractivity contribution in [3.05, 3.63) is 83.7 Å². The number of anilines is 1. The summed E-state index contributed by atoms with van der Waals surface area (Å²) in [6, 6.07) is 18.6. The number of nitrogens with zero attached hydrogens (tertiary/aromatic N) is 3. The number of fused-ring (bicyclic) bond motifs is 2. The number of nitrogens with two attached hydrogens (primary N) is 1. The fraction of sp³-hybridized carbons (Fsp3) is 0.115. The van der Waals surface area contributed by atoms with E-state index in [2.05, 4.69) is 5.32 Å². The lowest BCUT2D eigenvalue weighted by atomic mass is 10.2. The lowest BCUT2D eigenvalue weighted by Gasteiger charge is -2.13. The van der Waals surface area contributed by atoms with Gasteiger partial charge in [0.05, 0.1) is 30.9 Å². The Bertz CT molecular complexity index is 1560. The Morgan fingerprint density at radius 3 is 2.40 bits per heavy atom. The van der Waals surface area contributed by atoms with Crippen molar-refractivity contribution in [3.8, 4) is 17.2 Å². The number of hydrogen-bond acceptors (Lipinski definition) is 6. The fourth-order valence-electron chi connectivity index (χ4n) is 3.97. The van der Waals surface area contributed by atoms with Gasteiger partial charge in [-0.15, -0.1) is 0 Å². The summed E-state index contributed by atoms with van der Waals surface area (Å²) in [5.74, 6) is 0.488. The molecule has 0 saturated carbocycles. The van der Waals surface area contributed by atoms with E-state index in [1.54, 1.807) is 42.0 Å². The van der Waals surface area contributed by atoms with Crippen LogP contribution in [0.25, 0.3) is 27.9 Å². The van der Waals surface area contributed by atoms with Crippen LogP contribution in [0.5, 0.6) is 11.5 Å². The van der Waals surface area contributed by atoms with Crippen LogP contribution in [-0.4, -0.2) is 34.7 Å². The molecular formula is C26H22FN5O3. The molecule has 3 aromatic carbocycles. The predicted octanol–water partition coefficient (Wildman–Crippen LogP) is 4.24. The molecule has 0 atom stereocenters. The van der Waals surface area contributed by atoms with Crippen LogP contribution < -0.4 is 20.5 Å². The highest BCUT2D eigenvalue weighted by Gasteiger charge is 2.26. The summed E-state index contributed by atoms with van der Waals surface area (Å²) in [7, 11) is 3.10. The predicted molar refractivity (Wildman–Crippen MR) is 131 cm³/mol. The molecular weight excluding hydrogens is 449 g/mol. The third-order valence-electron chi connectivity index (χ3n) is 5.72. The van der Waals surface area contributed by atoms with Crippen molar-refractivity contribution >= 4 is 33.9 Å². The molecule has 0 bridgehead atoms. The third kappa shape index (κ3) is 3.97. The summed E-state index contributed by atoms with van der Waals surface area (Å²) in [5.41, 5.74) is 10.2. The molecule has 0 aliphatic carbocycles. The zero-order valence-electron chi connectivity index (χ0n) is 19.1. The highest BCUT2D eigenvalue weighted by Crippen LogP contribution is 2.36. The minimum Gasteiger partial charge on any atom is -0.497 e. The molecule has 35 heavy (non-hydrogen) atoms. The summed E-state index contributed by atoms with van der Waals surface area (Å²) in [4.78, 5) is 22.9. The van der Waals surface area contributed by atoms with Gasteiger partial charge in [0, 0.05) is 12.6 Å². The van der Waals surface area contributed by atoms with Gasteiger partial charge in [0.1, 0.15) is 34.2 Å². The first kappa shape index (κ1) is 22.1. The number of para-hydroxylation sites is 2. The summed E-state index contributed by atoms with van der Waals surface area (Å²) < 4.78 is 25.8. The number of carbonyl (C=O) groups is 1. The summed E-state index contributed by atoms with van der Waals surface area (Å²) in [5, 5.41) is 2.85. The van der Waals surface area contributed by atoms with Crippen molar-refractivity contribution in [2.24, 2.45) is 0 Å². The van der Waals surface area contributed by atoms with Crippen molar-refractivity contribution < 1.29 is 18.7 Å². The Kier molecular flexibility index (Phi) is 5.66. The number of amides is 1. The van der Waals surface area contributed by atoms with Gasteiger partial charge in [-0.05, 0) is 42.0 Å². The average Bonchev–Trinajstić information content (AvgIpc) is 3.16. The average molecular weight is 471 g/mol. The smallest absolute Gasteiger partial charge is 0.257 e. The molecule has 176 valence electrons. The van der Waals surface area contributed by atoms with E-state index in [9.17, 15) is 9.18 Å². The molecule has 9 heteroatoms. The van der Waals surface area contributed by atoms with E-state index in [0.717, 1.165) is 5.56 Å². The number of benzene rings is 3. The van der Waals surface area contributed by atoms with Crippen LogP contribution in [0.3, 0.4) is 0 Å². The molecule has 1 amide bonds. The first-order valence-corrected chi connectivity index (χ1v) is 10.8. The van der Waals surface area contributed by atoms with Gasteiger partial charge >= 0.3 is 0 Å². The minimum absolute atomic E-state index is 0.162. The molecule has 8 nitrogen and oxygen atoms in total. The molecule has 2 aromatic heterocycles. The SMILES string of the molecule is COc1ccc(-n2c(N)c(C(=O)NCc3ccc(F)cc3)c3nc4ccccc4nc32)c(OC)c1. The van der Waals surface area contributed by atoms with Crippen LogP contribution >= 0.6 is 0 Å². The van der Waals surface area contributed by atoms with Crippen LogP contribution in [0.1, 0.15) is 15.9 Å². The molecule has 0 aliphatic rings. The monoisotopic (exact) mass is 471 g/mol. The molecule has 0 saturated heterocycles. The first-order chi connectivity index (χ1) is 17.0. The lowest BCUT2D eigenvalue weighted by molar-refractivity contribution is 0.0953. The number of carbonyl (C=O) groups excluding carboxylic acids is 1. The van der Waals surface area contributed by atoms with Gasteiger partial charge in [-0.2, -0.15) is 0 Å². The molecule has 0 fully saturated rings. The molecule has 0 spiro atoms. The lowest BCUT2D eigenvalue weighted by Crippen LogP contribution is -2.24. The second-order valence-electron chi connectivity index (χ2n) is 7.83. The quantitative estimate of drug-likeness (QED) is 0.384. The first-order valence-electron chi connectivity index (χ1n) is 10.8. The maximum Gasteiger partial charge on any atom is 0.257 e. The maximum absolute atomic E-state index is 13.4. The molecule has 2 heterocycles. The molecule has 5 rings (SSSR count).